The first-order valence-electron chi connectivity index (χ1n) is 26.0. The Bertz CT molecular complexity index is 2160. The number of aliphatic hydroxyl groups excluding tert-OH is 2. The highest BCUT2D eigenvalue weighted by molar-refractivity contribution is 6.03. The first-order chi connectivity index (χ1) is 33.7. The van der Waals surface area contributed by atoms with Crippen molar-refractivity contribution in [1.29, 1.82) is 0 Å². The van der Waals surface area contributed by atoms with Crippen molar-refractivity contribution in [3.63, 3.8) is 0 Å². The van der Waals surface area contributed by atoms with E-state index in [0.717, 1.165) is 79.5 Å². The number of nitro groups is 1. The number of carbonyl (C=O) groups is 1. The maximum Gasteiger partial charge on any atom is 0.269 e. The van der Waals surface area contributed by atoms with E-state index in [1.54, 1.807) is 18.2 Å². The predicted octanol–water partition coefficient (Wildman–Crippen LogP) is 11.9. The number of allylic oxidation sites excluding steroid dienone is 1. The van der Waals surface area contributed by atoms with Crippen LogP contribution < -0.4 is 9.47 Å². The van der Waals surface area contributed by atoms with Crippen molar-refractivity contribution >= 4 is 17.3 Å². The van der Waals surface area contributed by atoms with Crippen LogP contribution in [0.1, 0.15) is 158 Å². The summed E-state index contributed by atoms with van der Waals surface area (Å²) < 4.78 is 21.1. The fourth-order valence-corrected chi connectivity index (χ4v) is 10.9. The van der Waals surface area contributed by atoms with Crippen LogP contribution in [0.15, 0.2) is 90.1 Å². The lowest BCUT2D eigenvalue weighted by molar-refractivity contribution is -0.384. The summed E-state index contributed by atoms with van der Waals surface area (Å²) in [7, 11) is 0. The van der Waals surface area contributed by atoms with Crippen LogP contribution >= 0.6 is 0 Å². The van der Waals surface area contributed by atoms with E-state index in [2.05, 4.69) is 37.6 Å². The van der Waals surface area contributed by atoms with Gasteiger partial charge in [-0.3, -0.25) is 19.9 Å². The molecule has 1 amide bonds. The minimum Gasteiger partial charge on any atom is -0.487 e. The van der Waals surface area contributed by atoms with E-state index in [1.165, 1.54) is 50.7 Å². The molecule has 3 aromatic rings. The topological polar surface area (TPSA) is 166 Å². The van der Waals surface area contributed by atoms with Gasteiger partial charge in [0.2, 0.25) is 11.7 Å². The highest BCUT2D eigenvalue weighted by Crippen LogP contribution is 2.62. The van der Waals surface area contributed by atoms with E-state index in [0.29, 0.717) is 49.4 Å². The van der Waals surface area contributed by atoms with Gasteiger partial charge in [-0.15, -0.1) is 6.58 Å². The molecule has 0 saturated heterocycles. The summed E-state index contributed by atoms with van der Waals surface area (Å²) in [5.74, 6) is -0.468. The van der Waals surface area contributed by atoms with Crippen LogP contribution in [0.4, 0.5) is 5.69 Å². The number of aromatic nitrogens is 1. The minimum absolute atomic E-state index is 0.00343. The normalized spacial score (nSPS) is 22.0. The lowest BCUT2D eigenvalue weighted by Crippen LogP contribution is -2.70. The minimum atomic E-state index is -1.35. The summed E-state index contributed by atoms with van der Waals surface area (Å²) in [6, 6.07) is 17.6. The molecule has 0 unspecified atom stereocenters. The summed E-state index contributed by atoms with van der Waals surface area (Å²) in [6.45, 7) is 11.6. The highest BCUT2D eigenvalue weighted by Gasteiger charge is 2.65. The number of nitro benzene ring substituents is 1. The quantitative estimate of drug-likeness (QED) is 0.0274. The molecule has 0 spiro atoms. The molecule has 13 heteroatoms. The Morgan fingerprint density at radius 2 is 1.65 bits per heavy atom. The van der Waals surface area contributed by atoms with E-state index >= 15 is 0 Å². The van der Waals surface area contributed by atoms with Gasteiger partial charge in [0.05, 0.1) is 28.9 Å². The Morgan fingerprint density at radius 3 is 2.33 bits per heavy atom. The van der Waals surface area contributed by atoms with Gasteiger partial charge < -0.3 is 34.2 Å². The molecule has 0 radical (unpaired) electrons. The molecular formula is C56H78N4O9. The number of aliphatic hydroxyl groups is 2. The van der Waals surface area contributed by atoms with Crippen LogP contribution in [-0.2, 0) is 27.6 Å². The van der Waals surface area contributed by atoms with Crippen molar-refractivity contribution in [3.8, 4) is 11.5 Å². The van der Waals surface area contributed by atoms with E-state index in [-0.39, 0.29) is 62.4 Å². The zero-order valence-electron chi connectivity index (χ0n) is 41.5. The Balaban J connectivity index is 1.46. The van der Waals surface area contributed by atoms with E-state index in [4.69, 9.17) is 24.2 Å². The number of nitrogens with zero attached hydrogens (tertiary/aromatic N) is 4. The number of carbonyl (C=O) groups excluding carboxylic acids is 1. The van der Waals surface area contributed by atoms with Crippen LogP contribution in [0.3, 0.4) is 0 Å². The lowest BCUT2D eigenvalue weighted by atomic mass is 9.55. The van der Waals surface area contributed by atoms with Gasteiger partial charge in [-0.05, 0) is 111 Å². The number of hydrogen-bond donors (Lipinski definition) is 2. The second kappa shape index (κ2) is 27.3. The van der Waals surface area contributed by atoms with Crippen molar-refractivity contribution in [1.82, 2.24) is 9.88 Å². The molecule has 3 aliphatic rings. The number of benzene rings is 2. The van der Waals surface area contributed by atoms with Crippen molar-refractivity contribution in [2.24, 2.45) is 22.9 Å². The van der Waals surface area contributed by atoms with Gasteiger partial charge in [-0.2, -0.15) is 0 Å². The molecule has 13 nitrogen and oxygen atoms in total. The monoisotopic (exact) mass is 951 g/mol. The van der Waals surface area contributed by atoms with Crippen LogP contribution in [0, 0.1) is 34.8 Å². The van der Waals surface area contributed by atoms with Gasteiger partial charge in [-0.25, -0.2) is 0 Å². The average molecular weight is 951 g/mol. The summed E-state index contributed by atoms with van der Waals surface area (Å²) in [4.78, 5) is 38.8. The van der Waals surface area contributed by atoms with Crippen molar-refractivity contribution < 1.29 is 39.0 Å². The largest absolute Gasteiger partial charge is 0.487 e. The van der Waals surface area contributed by atoms with Gasteiger partial charge in [0.25, 0.3) is 5.69 Å². The molecule has 2 aliphatic carbocycles. The number of hydrogen-bond acceptors (Lipinski definition) is 11. The molecule has 6 atom stereocenters. The molecule has 376 valence electrons. The molecule has 2 heterocycles. The predicted molar refractivity (Wildman–Crippen MR) is 270 cm³/mol. The Morgan fingerprint density at radius 1 is 0.928 bits per heavy atom. The maximum atomic E-state index is 14.9. The van der Waals surface area contributed by atoms with E-state index in [9.17, 15) is 25.1 Å². The molecule has 1 fully saturated rings. The number of oxime groups is 1. The third-order valence-electron chi connectivity index (χ3n) is 14.2. The lowest BCUT2D eigenvalue weighted by Gasteiger charge is -2.60. The van der Waals surface area contributed by atoms with Crippen LogP contribution in [-0.4, -0.2) is 74.8 Å². The van der Waals surface area contributed by atoms with Crippen LogP contribution in [0.2, 0.25) is 0 Å². The number of fused-ring (bicyclic) bond motifs is 2. The second-order valence-electron chi connectivity index (χ2n) is 19.2. The summed E-state index contributed by atoms with van der Waals surface area (Å²) in [5, 5.41) is 36.4. The average Bonchev–Trinajstić information content (AvgIpc) is 3.35. The third-order valence-corrected chi connectivity index (χ3v) is 14.2. The molecule has 1 aliphatic heterocycles. The van der Waals surface area contributed by atoms with Crippen molar-refractivity contribution in [2.45, 2.75) is 167 Å². The van der Waals surface area contributed by atoms with Crippen molar-refractivity contribution in [3.05, 3.63) is 118 Å². The second-order valence-corrected chi connectivity index (χ2v) is 19.2. The molecular weight excluding hydrogens is 873 g/mol. The van der Waals surface area contributed by atoms with E-state index in [1.807, 2.05) is 42.2 Å². The zero-order chi connectivity index (χ0) is 49.0. The smallest absolute Gasteiger partial charge is 0.269 e. The highest BCUT2D eigenvalue weighted by atomic mass is 16.7. The van der Waals surface area contributed by atoms with Crippen molar-refractivity contribution in [2.75, 3.05) is 26.4 Å². The van der Waals surface area contributed by atoms with Gasteiger partial charge in [0.15, 0.2) is 0 Å². The van der Waals surface area contributed by atoms with Gasteiger partial charge in [0, 0.05) is 61.9 Å². The number of non-ortho nitro benzene ring substituents is 1. The fraction of sp³-hybridized carbons (Fsp3) is 0.589. The number of unbranched alkanes of at least 4 members (excludes halogenated alkanes) is 10. The third kappa shape index (κ3) is 14.0. The first-order valence-corrected chi connectivity index (χ1v) is 26.0. The summed E-state index contributed by atoms with van der Waals surface area (Å²) >= 11 is 0. The van der Waals surface area contributed by atoms with Crippen LogP contribution in [0.25, 0.3) is 0 Å². The maximum absolute atomic E-state index is 14.9. The molecule has 1 aromatic heterocycles. The Hall–Kier alpha value is -5.11. The fourth-order valence-electron chi connectivity index (χ4n) is 10.9. The molecule has 2 N–H and O–H groups in total. The van der Waals surface area contributed by atoms with Gasteiger partial charge >= 0.3 is 0 Å². The Kier molecular flexibility index (Phi) is 21.1. The number of aryl methyl sites for hydroxylation is 1. The summed E-state index contributed by atoms with van der Waals surface area (Å²) in [5.41, 5.74) is 5.09. The van der Waals surface area contributed by atoms with E-state index < -0.39 is 22.7 Å². The van der Waals surface area contributed by atoms with Crippen LogP contribution in [0.5, 0.6) is 11.5 Å². The van der Waals surface area contributed by atoms with Gasteiger partial charge in [0.1, 0.15) is 30.8 Å². The molecule has 1 saturated carbocycles. The molecule has 2 aromatic carbocycles. The summed E-state index contributed by atoms with van der Waals surface area (Å²) in [6.07, 6.45) is 20.5. The van der Waals surface area contributed by atoms with Gasteiger partial charge in [-0.1, -0.05) is 101 Å². The number of amides is 1. The SMILES string of the molecule is C=CCO[C@@]12Oc3ccc(OCc4cccc(C)n4)cc3[C@H]3[C@H](CCCCO)[C@@H](CCCCO)C=C(C(=NOCc4ccc([N+](=O)[O-])cc4)C[C@@H]1N(CCC)C(=O)CCCCCCCCCCC)[C@H]32. The Labute approximate surface area is 410 Å². The molecule has 0 bridgehead atoms. The number of pyridine rings is 1. The molecule has 6 rings (SSSR count). The standard InChI is InChI=1S/C56H78N4O9/c1-5-8-9-10-11-12-13-14-15-25-53(63)59(32-6-2)52-38-50(58-68-39-42-26-28-45(29-27-42)60(64)65)48-36-43(22-16-18-33-61)47(24-17-19-34-62)54-49-37-46(66-40-44-23-20-21-41(4)57-44)30-31-51(49)69-56(52,55(48)54)67-35-7-3/h7,20-21,23,26-31,36-37,43,47,52,54-55,61-62H,3,5-6,8-19,22,24-25,32-35,38-40H2,1-2,4H3/t43-,47+,52-,54+,55+,56+/m0/s1. The molecule has 69 heavy (non-hydrogen) atoms. The zero-order valence-corrected chi connectivity index (χ0v) is 41.5. The first kappa shape index (κ1) is 53.2. The number of ether oxygens (including phenoxy) is 3. The number of rotatable bonds is 31.